The van der Waals surface area contributed by atoms with E-state index in [-0.39, 0.29) is 21.5 Å². The third kappa shape index (κ3) is 3.12. The van der Waals surface area contributed by atoms with Gasteiger partial charge >= 0.3 is 5.69 Å². The predicted octanol–water partition coefficient (Wildman–Crippen LogP) is 3.31. The van der Waals surface area contributed by atoms with Gasteiger partial charge in [-0.25, -0.2) is 18.7 Å². The van der Waals surface area contributed by atoms with Gasteiger partial charge in [-0.2, -0.15) is 0 Å². The van der Waals surface area contributed by atoms with Crippen molar-refractivity contribution in [1.82, 2.24) is 14.8 Å². The minimum atomic E-state index is -0.627. The van der Waals surface area contributed by atoms with Crippen LogP contribution in [0.3, 0.4) is 0 Å². The smallest absolute Gasteiger partial charge is 0.270 e. The first-order valence-electron chi connectivity index (χ1n) is 5.95. The molecule has 0 aliphatic heterocycles. The van der Waals surface area contributed by atoms with Crippen LogP contribution in [0.2, 0.25) is 0 Å². The number of H-pyrrole nitrogens is 1. The minimum Gasteiger partial charge on any atom is -0.270 e. The number of halogens is 3. The highest BCUT2D eigenvalue weighted by Gasteiger charge is 2.15. The van der Waals surface area contributed by atoms with Crippen molar-refractivity contribution in [2.24, 2.45) is 0 Å². The number of thioether (sulfide) groups is 1. The standard InChI is InChI=1S/C12H12BrF2N3OS/c1-2-5-18-11(19)16-17-12(18)20-6-7-9(14)4-3-8(13)10(7)15/h3-4H,2,5-6H2,1H3,(H,16,19). The molecular formula is C12H12BrF2N3OS. The normalized spacial score (nSPS) is 11.0. The molecule has 1 N–H and O–H groups in total. The fraction of sp³-hybridized carbons (Fsp3) is 0.333. The van der Waals surface area contributed by atoms with Crippen molar-refractivity contribution < 1.29 is 8.78 Å². The van der Waals surface area contributed by atoms with E-state index in [1.165, 1.54) is 16.7 Å². The van der Waals surface area contributed by atoms with E-state index in [0.717, 1.165) is 18.2 Å². The largest absolute Gasteiger partial charge is 0.343 e. The van der Waals surface area contributed by atoms with Crippen LogP contribution in [0.15, 0.2) is 26.6 Å². The SMILES string of the molecule is CCCn1c(SCc2c(F)ccc(Br)c2F)n[nH]c1=O. The van der Waals surface area contributed by atoms with Gasteiger partial charge in [0.1, 0.15) is 11.6 Å². The van der Waals surface area contributed by atoms with E-state index in [2.05, 4.69) is 26.1 Å². The number of nitrogens with zero attached hydrogens (tertiary/aromatic N) is 2. The first-order valence-corrected chi connectivity index (χ1v) is 7.72. The van der Waals surface area contributed by atoms with Gasteiger partial charge < -0.3 is 0 Å². The van der Waals surface area contributed by atoms with Crippen LogP contribution in [0.4, 0.5) is 8.78 Å². The fourth-order valence-electron chi connectivity index (χ4n) is 1.67. The maximum atomic E-state index is 13.8. The summed E-state index contributed by atoms with van der Waals surface area (Å²) < 4.78 is 29.1. The monoisotopic (exact) mass is 363 g/mol. The van der Waals surface area contributed by atoms with E-state index in [0.29, 0.717) is 11.7 Å². The summed E-state index contributed by atoms with van der Waals surface area (Å²) in [5.74, 6) is -1.18. The zero-order valence-electron chi connectivity index (χ0n) is 10.6. The first-order chi connectivity index (χ1) is 9.54. The Kier molecular flexibility index (Phi) is 4.98. The maximum absolute atomic E-state index is 13.8. The van der Waals surface area contributed by atoms with Crippen molar-refractivity contribution >= 4 is 27.7 Å². The molecule has 108 valence electrons. The van der Waals surface area contributed by atoms with Gasteiger partial charge in [0.05, 0.1) is 4.47 Å². The van der Waals surface area contributed by atoms with Gasteiger partial charge in [-0.15, -0.1) is 5.10 Å². The van der Waals surface area contributed by atoms with E-state index in [4.69, 9.17) is 0 Å². The van der Waals surface area contributed by atoms with Gasteiger partial charge in [0.25, 0.3) is 0 Å². The second-order valence-electron chi connectivity index (χ2n) is 4.07. The average molecular weight is 364 g/mol. The van der Waals surface area contributed by atoms with Crippen LogP contribution in [-0.4, -0.2) is 14.8 Å². The summed E-state index contributed by atoms with van der Waals surface area (Å²) in [6, 6.07) is 2.52. The molecular weight excluding hydrogens is 352 g/mol. The Hall–Kier alpha value is -1.15. The molecule has 0 aliphatic rings. The highest BCUT2D eigenvalue weighted by Crippen LogP contribution is 2.27. The summed E-state index contributed by atoms with van der Waals surface area (Å²) in [5, 5.41) is 6.63. The van der Waals surface area contributed by atoms with Crippen LogP contribution >= 0.6 is 27.7 Å². The van der Waals surface area contributed by atoms with Crippen LogP contribution in [-0.2, 0) is 12.3 Å². The van der Waals surface area contributed by atoms with E-state index >= 15 is 0 Å². The van der Waals surface area contributed by atoms with Crippen LogP contribution in [0, 0.1) is 11.6 Å². The topological polar surface area (TPSA) is 50.7 Å². The van der Waals surface area contributed by atoms with E-state index in [9.17, 15) is 13.6 Å². The van der Waals surface area contributed by atoms with Crippen LogP contribution in [0.1, 0.15) is 18.9 Å². The van der Waals surface area contributed by atoms with Crippen molar-refractivity contribution in [2.45, 2.75) is 30.8 Å². The van der Waals surface area contributed by atoms with Crippen LogP contribution < -0.4 is 5.69 Å². The van der Waals surface area contributed by atoms with Crippen molar-refractivity contribution in [3.05, 3.63) is 44.3 Å². The lowest BCUT2D eigenvalue weighted by molar-refractivity contribution is 0.561. The Balaban J connectivity index is 2.21. The summed E-state index contributed by atoms with van der Waals surface area (Å²) in [6.45, 7) is 2.45. The summed E-state index contributed by atoms with van der Waals surface area (Å²) in [4.78, 5) is 11.5. The lowest BCUT2D eigenvalue weighted by Crippen LogP contribution is -2.17. The number of hydrogen-bond donors (Lipinski definition) is 1. The fourth-order valence-corrected chi connectivity index (χ4v) is 3.02. The van der Waals surface area contributed by atoms with Gasteiger partial charge in [-0.1, -0.05) is 18.7 Å². The van der Waals surface area contributed by atoms with Crippen molar-refractivity contribution in [3.63, 3.8) is 0 Å². The molecule has 0 atom stereocenters. The molecule has 20 heavy (non-hydrogen) atoms. The molecule has 8 heteroatoms. The molecule has 0 fully saturated rings. The molecule has 0 saturated heterocycles. The minimum absolute atomic E-state index is 0.0390. The van der Waals surface area contributed by atoms with Gasteiger partial charge in [0, 0.05) is 17.9 Å². The summed E-state index contributed by atoms with van der Waals surface area (Å²) in [7, 11) is 0. The zero-order chi connectivity index (χ0) is 14.7. The highest BCUT2D eigenvalue weighted by molar-refractivity contribution is 9.10. The molecule has 0 unspecified atom stereocenters. The molecule has 4 nitrogen and oxygen atoms in total. The lowest BCUT2D eigenvalue weighted by Gasteiger charge is -2.07. The average Bonchev–Trinajstić information content (AvgIpc) is 2.76. The summed E-state index contributed by atoms with van der Waals surface area (Å²) in [6.07, 6.45) is 0.770. The molecule has 0 amide bonds. The van der Waals surface area contributed by atoms with Crippen LogP contribution in [0.5, 0.6) is 0 Å². The Morgan fingerprint density at radius 1 is 1.45 bits per heavy atom. The maximum Gasteiger partial charge on any atom is 0.343 e. The third-order valence-corrected chi connectivity index (χ3v) is 4.27. The zero-order valence-corrected chi connectivity index (χ0v) is 13.0. The number of nitrogens with one attached hydrogen (secondary N) is 1. The quantitative estimate of drug-likeness (QED) is 0.654. The number of aromatic amines is 1. The van der Waals surface area contributed by atoms with Gasteiger partial charge in [0.2, 0.25) is 0 Å². The molecule has 1 heterocycles. The molecule has 0 spiro atoms. The Morgan fingerprint density at radius 2 is 2.20 bits per heavy atom. The molecule has 2 aromatic rings. The molecule has 1 aromatic carbocycles. The first kappa shape index (κ1) is 15.2. The Morgan fingerprint density at radius 3 is 2.90 bits per heavy atom. The Labute approximate surface area is 126 Å². The van der Waals surface area contributed by atoms with E-state index < -0.39 is 11.6 Å². The van der Waals surface area contributed by atoms with Gasteiger partial charge in [0.15, 0.2) is 5.16 Å². The van der Waals surface area contributed by atoms with Crippen molar-refractivity contribution in [3.8, 4) is 0 Å². The van der Waals surface area contributed by atoms with E-state index in [1.807, 2.05) is 6.92 Å². The Bertz CT molecular complexity index is 671. The number of aromatic nitrogens is 3. The molecule has 2 rings (SSSR count). The number of rotatable bonds is 5. The van der Waals surface area contributed by atoms with Gasteiger partial charge in [-0.3, -0.25) is 4.57 Å². The highest BCUT2D eigenvalue weighted by atomic mass is 79.9. The summed E-state index contributed by atoms with van der Waals surface area (Å²) >= 11 is 4.14. The molecule has 0 bridgehead atoms. The second-order valence-corrected chi connectivity index (χ2v) is 5.87. The molecule has 0 aliphatic carbocycles. The summed E-state index contributed by atoms with van der Waals surface area (Å²) in [5.41, 5.74) is -0.354. The lowest BCUT2D eigenvalue weighted by atomic mass is 10.2. The van der Waals surface area contributed by atoms with E-state index in [1.54, 1.807) is 0 Å². The molecule has 0 saturated carbocycles. The van der Waals surface area contributed by atoms with Crippen molar-refractivity contribution in [2.75, 3.05) is 0 Å². The molecule has 1 aromatic heterocycles. The number of benzene rings is 1. The number of hydrogen-bond acceptors (Lipinski definition) is 3. The molecule has 0 radical (unpaired) electrons. The van der Waals surface area contributed by atoms with Gasteiger partial charge in [-0.05, 0) is 34.5 Å². The second kappa shape index (κ2) is 6.53. The van der Waals surface area contributed by atoms with Crippen LogP contribution in [0.25, 0.3) is 0 Å². The van der Waals surface area contributed by atoms with Crippen molar-refractivity contribution in [1.29, 1.82) is 0 Å². The predicted molar refractivity (Wildman–Crippen MR) is 76.8 cm³/mol. The third-order valence-electron chi connectivity index (χ3n) is 2.65.